The molecule has 0 amide bonds. The van der Waals surface area contributed by atoms with E-state index in [2.05, 4.69) is 5.10 Å². The molecular formula is C15H18ClFN2O2. The van der Waals surface area contributed by atoms with Crippen LogP contribution in [0.15, 0.2) is 18.2 Å². The molecule has 1 N–H and O–H groups in total. The number of aliphatic hydroxyl groups excluding tert-OH is 1. The summed E-state index contributed by atoms with van der Waals surface area (Å²) in [7, 11) is 0. The van der Waals surface area contributed by atoms with Crippen molar-refractivity contribution < 1.29 is 14.2 Å². The highest BCUT2D eigenvalue weighted by Crippen LogP contribution is 2.28. The Balaban J connectivity index is 2.26. The predicted octanol–water partition coefficient (Wildman–Crippen LogP) is 3.64. The van der Waals surface area contributed by atoms with Crippen LogP contribution in [-0.4, -0.2) is 14.9 Å². The largest absolute Gasteiger partial charge is 0.487 e. The molecule has 114 valence electrons. The minimum Gasteiger partial charge on any atom is -0.487 e. The summed E-state index contributed by atoms with van der Waals surface area (Å²) >= 11 is 6.21. The summed E-state index contributed by atoms with van der Waals surface area (Å²) in [5.74, 6) is -0.108. The smallest absolute Gasteiger partial charge is 0.131 e. The lowest BCUT2D eigenvalue weighted by molar-refractivity contribution is 0.189. The molecule has 4 nitrogen and oxygen atoms in total. The Kier molecular flexibility index (Phi) is 4.85. The van der Waals surface area contributed by atoms with Gasteiger partial charge in [0.05, 0.1) is 22.5 Å². The highest BCUT2D eigenvalue weighted by molar-refractivity contribution is 6.31. The summed E-state index contributed by atoms with van der Waals surface area (Å²) in [6.45, 7) is 6.21. The number of halogens is 2. The lowest BCUT2D eigenvalue weighted by atomic mass is 10.1. The molecule has 0 aliphatic rings. The SMILES string of the molecule is CCn1nc(C)c(Cl)c1COc1cc(F)ccc1C(C)O. The van der Waals surface area contributed by atoms with Gasteiger partial charge in [0.1, 0.15) is 18.2 Å². The molecule has 0 radical (unpaired) electrons. The third kappa shape index (κ3) is 3.36. The number of ether oxygens (including phenoxy) is 1. The van der Waals surface area contributed by atoms with Crippen LogP contribution in [0.1, 0.15) is 36.9 Å². The van der Waals surface area contributed by atoms with Crippen LogP contribution in [-0.2, 0) is 13.2 Å². The molecule has 1 aromatic carbocycles. The molecule has 1 atom stereocenters. The monoisotopic (exact) mass is 312 g/mol. The first-order chi connectivity index (χ1) is 9.93. The van der Waals surface area contributed by atoms with Crippen molar-refractivity contribution in [2.45, 2.75) is 40.0 Å². The van der Waals surface area contributed by atoms with Gasteiger partial charge in [0.25, 0.3) is 0 Å². The van der Waals surface area contributed by atoms with Gasteiger partial charge >= 0.3 is 0 Å². The summed E-state index contributed by atoms with van der Waals surface area (Å²) in [5.41, 5.74) is 2.00. The van der Waals surface area contributed by atoms with Gasteiger partial charge in [-0.05, 0) is 32.9 Å². The fourth-order valence-electron chi connectivity index (χ4n) is 2.13. The van der Waals surface area contributed by atoms with E-state index >= 15 is 0 Å². The van der Waals surface area contributed by atoms with E-state index in [9.17, 15) is 9.50 Å². The number of hydrogen-bond acceptors (Lipinski definition) is 3. The summed E-state index contributed by atoms with van der Waals surface area (Å²) < 4.78 is 20.8. The van der Waals surface area contributed by atoms with E-state index in [0.29, 0.717) is 22.9 Å². The van der Waals surface area contributed by atoms with Crippen LogP contribution in [0, 0.1) is 12.7 Å². The first kappa shape index (κ1) is 15.8. The molecule has 1 aromatic heterocycles. The van der Waals surface area contributed by atoms with Gasteiger partial charge in [0.15, 0.2) is 0 Å². The van der Waals surface area contributed by atoms with Crippen molar-refractivity contribution in [2.24, 2.45) is 0 Å². The zero-order valence-electron chi connectivity index (χ0n) is 12.2. The van der Waals surface area contributed by atoms with E-state index in [-0.39, 0.29) is 6.61 Å². The molecular weight excluding hydrogens is 295 g/mol. The lowest BCUT2D eigenvalue weighted by Gasteiger charge is -2.14. The van der Waals surface area contributed by atoms with Crippen LogP contribution in [0.2, 0.25) is 5.02 Å². The van der Waals surface area contributed by atoms with Crippen LogP contribution in [0.25, 0.3) is 0 Å². The number of benzene rings is 1. The van der Waals surface area contributed by atoms with Crippen molar-refractivity contribution in [3.63, 3.8) is 0 Å². The lowest BCUT2D eigenvalue weighted by Crippen LogP contribution is -2.08. The first-order valence-electron chi connectivity index (χ1n) is 6.76. The van der Waals surface area contributed by atoms with Crippen LogP contribution in [0.5, 0.6) is 5.75 Å². The first-order valence-corrected chi connectivity index (χ1v) is 7.14. The van der Waals surface area contributed by atoms with Crippen molar-refractivity contribution in [1.29, 1.82) is 0 Å². The average molecular weight is 313 g/mol. The summed E-state index contributed by atoms with van der Waals surface area (Å²) in [5, 5.41) is 14.6. The van der Waals surface area contributed by atoms with E-state index in [4.69, 9.17) is 16.3 Å². The molecule has 0 spiro atoms. The molecule has 0 aliphatic heterocycles. The van der Waals surface area contributed by atoms with E-state index in [1.54, 1.807) is 11.6 Å². The summed E-state index contributed by atoms with van der Waals surface area (Å²) in [6.07, 6.45) is -0.742. The number of hydrogen-bond donors (Lipinski definition) is 1. The third-order valence-corrected chi connectivity index (χ3v) is 3.73. The fourth-order valence-corrected chi connectivity index (χ4v) is 2.32. The van der Waals surface area contributed by atoms with Gasteiger partial charge in [0.2, 0.25) is 0 Å². The second kappa shape index (κ2) is 6.45. The standard InChI is InChI=1S/C15H18ClFN2O2/c1-4-19-13(15(16)9(2)18-19)8-21-14-7-11(17)5-6-12(14)10(3)20/h5-7,10,20H,4,8H2,1-3H3. The highest BCUT2D eigenvalue weighted by atomic mass is 35.5. The van der Waals surface area contributed by atoms with E-state index < -0.39 is 11.9 Å². The van der Waals surface area contributed by atoms with Crippen molar-refractivity contribution in [3.8, 4) is 5.75 Å². The van der Waals surface area contributed by atoms with Gasteiger partial charge in [-0.25, -0.2) is 4.39 Å². The fraction of sp³-hybridized carbons (Fsp3) is 0.400. The summed E-state index contributed by atoms with van der Waals surface area (Å²) in [4.78, 5) is 0. The maximum absolute atomic E-state index is 13.4. The van der Waals surface area contributed by atoms with Crippen LogP contribution in [0.3, 0.4) is 0 Å². The Labute approximate surface area is 128 Å². The van der Waals surface area contributed by atoms with Gasteiger partial charge in [-0.15, -0.1) is 0 Å². The molecule has 0 bridgehead atoms. The molecule has 0 saturated heterocycles. The van der Waals surface area contributed by atoms with E-state index in [1.807, 2.05) is 13.8 Å². The van der Waals surface area contributed by atoms with Crippen molar-refractivity contribution in [3.05, 3.63) is 46.0 Å². The van der Waals surface area contributed by atoms with Gasteiger partial charge in [-0.2, -0.15) is 5.10 Å². The minimum atomic E-state index is -0.742. The molecule has 6 heteroatoms. The highest BCUT2D eigenvalue weighted by Gasteiger charge is 2.15. The quantitative estimate of drug-likeness (QED) is 0.917. The number of nitrogens with zero attached hydrogens (tertiary/aromatic N) is 2. The number of aliphatic hydroxyl groups is 1. The molecule has 0 fully saturated rings. The molecule has 0 saturated carbocycles. The van der Waals surface area contributed by atoms with Gasteiger partial charge < -0.3 is 9.84 Å². The zero-order chi connectivity index (χ0) is 15.6. The second-order valence-electron chi connectivity index (χ2n) is 4.81. The Hall–Kier alpha value is -1.59. The van der Waals surface area contributed by atoms with E-state index in [1.165, 1.54) is 18.2 Å². The number of aromatic nitrogens is 2. The van der Waals surface area contributed by atoms with Gasteiger partial charge in [-0.1, -0.05) is 11.6 Å². The second-order valence-corrected chi connectivity index (χ2v) is 5.19. The molecule has 1 heterocycles. The minimum absolute atomic E-state index is 0.163. The van der Waals surface area contributed by atoms with Crippen LogP contribution >= 0.6 is 11.6 Å². The summed E-state index contributed by atoms with van der Waals surface area (Å²) in [6, 6.07) is 4.07. The Morgan fingerprint density at radius 2 is 2.19 bits per heavy atom. The molecule has 2 rings (SSSR count). The van der Waals surface area contributed by atoms with Crippen LogP contribution in [0.4, 0.5) is 4.39 Å². The molecule has 0 aliphatic carbocycles. The normalized spacial score (nSPS) is 12.5. The number of aryl methyl sites for hydroxylation is 2. The molecule has 1 unspecified atom stereocenters. The molecule has 2 aromatic rings. The van der Waals surface area contributed by atoms with Crippen molar-refractivity contribution in [1.82, 2.24) is 9.78 Å². The Morgan fingerprint density at radius 3 is 2.81 bits per heavy atom. The van der Waals surface area contributed by atoms with Crippen molar-refractivity contribution in [2.75, 3.05) is 0 Å². The maximum atomic E-state index is 13.4. The zero-order valence-corrected chi connectivity index (χ0v) is 13.0. The maximum Gasteiger partial charge on any atom is 0.131 e. The third-order valence-electron chi connectivity index (χ3n) is 3.24. The van der Waals surface area contributed by atoms with E-state index in [0.717, 1.165) is 11.4 Å². The number of rotatable bonds is 5. The average Bonchev–Trinajstić information content (AvgIpc) is 2.71. The van der Waals surface area contributed by atoms with Gasteiger partial charge in [-0.3, -0.25) is 4.68 Å². The van der Waals surface area contributed by atoms with Crippen molar-refractivity contribution >= 4 is 11.6 Å². The molecule has 21 heavy (non-hydrogen) atoms. The van der Waals surface area contributed by atoms with Gasteiger partial charge in [0, 0.05) is 18.2 Å². The Bertz CT molecular complexity index is 641. The predicted molar refractivity (Wildman–Crippen MR) is 79.0 cm³/mol. The van der Waals surface area contributed by atoms with Crippen LogP contribution < -0.4 is 4.74 Å². The topological polar surface area (TPSA) is 47.3 Å². The Morgan fingerprint density at radius 1 is 1.48 bits per heavy atom.